The van der Waals surface area contributed by atoms with Crippen LogP contribution in [0.3, 0.4) is 0 Å². The molecule has 1 heteroatoms. The highest BCUT2D eigenvalue weighted by molar-refractivity contribution is 5.01. The van der Waals surface area contributed by atoms with Gasteiger partial charge < -0.3 is 5.11 Å². The quantitative estimate of drug-likeness (QED) is 0.620. The third-order valence-corrected chi connectivity index (χ3v) is 1.89. The van der Waals surface area contributed by atoms with Crippen LogP contribution in [0.1, 0.15) is 40.5 Å². The lowest BCUT2D eigenvalue weighted by molar-refractivity contribution is 0.242. The second-order valence-electron chi connectivity index (χ2n) is 3.47. The molecule has 0 heterocycles. The first kappa shape index (κ1) is 10.7. The van der Waals surface area contributed by atoms with E-state index < -0.39 is 0 Å². The van der Waals surface area contributed by atoms with E-state index in [4.69, 9.17) is 5.11 Å². The van der Waals surface area contributed by atoms with Crippen molar-refractivity contribution in [2.45, 2.75) is 46.6 Å². The number of aliphatic hydroxyl groups is 1. The van der Waals surface area contributed by atoms with Gasteiger partial charge >= 0.3 is 0 Å². The molecule has 0 aromatic heterocycles. The van der Waals surface area contributed by atoms with Gasteiger partial charge in [0.2, 0.25) is 0 Å². The highest BCUT2D eigenvalue weighted by Gasteiger charge is 2.00. The summed E-state index contributed by atoms with van der Waals surface area (Å²) in [5.74, 6) is 0.741. The van der Waals surface area contributed by atoms with Crippen molar-refractivity contribution in [3.05, 3.63) is 11.6 Å². The van der Waals surface area contributed by atoms with Crippen molar-refractivity contribution < 1.29 is 5.11 Å². The maximum atomic E-state index is 9.03. The normalized spacial score (nSPS) is 18.1. The van der Waals surface area contributed by atoms with E-state index >= 15 is 0 Å². The molecule has 0 spiro atoms. The Morgan fingerprint density at radius 3 is 2.36 bits per heavy atom. The predicted molar refractivity (Wildman–Crippen MR) is 49.5 cm³/mol. The first-order chi connectivity index (χ1) is 5.06. The van der Waals surface area contributed by atoms with E-state index in [-0.39, 0.29) is 6.10 Å². The molecule has 2 atom stereocenters. The van der Waals surface area contributed by atoms with Crippen LogP contribution in [-0.4, -0.2) is 11.2 Å². The zero-order valence-electron chi connectivity index (χ0n) is 8.09. The zero-order chi connectivity index (χ0) is 8.85. The molecular weight excluding hydrogens is 136 g/mol. The van der Waals surface area contributed by atoms with E-state index in [0.29, 0.717) is 0 Å². The molecule has 0 fully saturated rings. The minimum absolute atomic E-state index is 0.293. The Bertz CT molecular complexity index is 125. The first-order valence-electron chi connectivity index (χ1n) is 4.41. The molecule has 0 aliphatic rings. The number of aliphatic hydroxyl groups excluding tert-OH is 1. The molecule has 0 amide bonds. The standard InChI is InChI=1S/C10H20O/c1-5-8(2)6-9(3)7-10(4)11/h7-8,10-11H,5-6H2,1-4H3/b9-7+. The summed E-state index contributed by atoms with van der Waals surface area (Å²) in [5.41, 5.74) is 1.30. The minimum Gasteiger partial charge on any atom is -0.389 e. The van der Waals surface area contributed by atoms with Crippen molar-refractivity contribution in [1.29, 1.82) is 0 Å². The molecular formula is C10H20O. The molecule has 0 saturated heterocycles. The van der Waals surface area contributed by atoms with Gasteiger partial charge in [0.25, 0.3) is 0 Å². The second kappa shape index (κ2) is 5.36. The zero-order valence-corrected chi connectivity index (χ0v) is 8.09. The van der Waals surface area contributed by atoms with Gasteiger partial charge in [0, 0.05) is 0 Å². The molecule has 11 heavy (non-hydrogen) atoms. The Morgan fingerprint density at radius 2 is 2.00 bits per heavy atom. The summed E-state index contributed by atoms with van der Waals surface area (Å²) in [6, 6.07) is 0. The molecule has 0 radical (unpaired) electrons. The Balaban J connectivity index is 3.76. The second-order valence-corrected chi connectivity index (χ2v) is 3.47. The van der Waals surface area contributed by atoms with E-state index in [2.05, 4.69) is 20.8 Å². The third kappa shape index (κ3) is 6.11. The Morgan fingerprint density at radius 1 is 1.45 bits per heavy atom. The van der Waals surface area contributed by atoms with Crippen molar-refractivity contribution in [2.24, 2.45) is 5.92 Å². The molecule has 0 aliphatic carbocycles. The van der Waals surface area contributed by atoms with E-state index in [1.807, 2.05) is 6.08 Å². The van der Waals surface area contributed by atoms with E-state index in [1.54, 1.807) is 6.92 Å². The van der Waals surface area contributed by atoms with E-state index in [0.717, 1.165) is 12.3 Å². The van der Waals surface area contributed by atoms with Crippen LogP contribution in [-0.2, 0) is 0 Å². The van der Waals surface area contributed by atoms with Crippen molar-refractivity contribution >= 4 is 0 Å². The van der Waals surface area contributed by atoms with Crippen LogP contribution in [0.2, 0.25) is 0 Å². The van der Waals surface area contributed by atoms with Gasteiger partial charge in [0.05, 0.1) is 6.10 Å². The number of hydrogen-bond acceptors (Lipinski definition) is 1. The van der Waals surface area contributed by atoms with Gasteiger partial charge in [0.1, 0.15) is 0 Å². The fourth-order valence-electron chi connectivity index (χ4n) is 1.17. The van der Waals surface area contributed by atoms with Gasteiger partial charge in [-0.1, -0.05) is 31.9 Å². The Kier molecular flexibility index (Phi) is 5.22. The van der Waals surface area contributed by atoms with Crippen molar-refractivity contribution in [3.63, 3.8) is 0 Å². The molecule has 0 rings (SSSR count). The highest BCUT2D eigenvalue weighted by Crippen LogP contribution is 2.13. The SMILES string of the molecule is CCC(C)C/C(C)=C/C(C)O. The van der Waals surface area contributed by atoms with Crippen LogP contribution in [0.15, 0.2) is 11.6 Å². The van der Waals surface area contributed by atoms with Gasteiger partial charge in [-0.3, -0.25) is 0 Å². The summed E-state index contributed by atoms with van der Waals surface area (Å²) in [7, 11) is 0. The molecule has 2 unspecified atom stereocenters. The van der Waals surface area contributed by atoms with Gasteiger partial charge in [0.15, 0.2) is 0 Å². The summed E-state index contributed by atoms with van der Waals surface area (Å²) in [4.78, 5) is 0. The summed E-state index contributed by atoms with van der Waals surface area (Å²) in [6.07, 6.45) is 3.96. The fraction of sp³-hybridized carbons (Fsp3) is 0.800. The lowest BCUT2D eigenvalue weighted by atomic mass is 9.99. The number of allylic oxidation sites excluding steroid dienone is 1. The van der Waals surface area contributed by atoms with Crippen LogP contribution < -0.4 is 0 Å². The lowest BCUT2D eigenvalue weighted by Crippen LogP contribution is -1.98. The monoisotopic (exact) mass is 156 g/mol. The molecule has 1 N–H and O–H groups in total. The van der Waals surface area contributed by atoms with Gasteiger partial charge in [-0.05, 0) is 26.2 Å². The molecule has 0 aromatic carbocycles. The molecule has 0 aromatic rings. The smallest absolute Gasteiger partial charge is 0.0695 e. The molecule has 1 nitrogen and oxygen atoms in total. The number of hydrogen-bond donors (Lipinski definition) is 1. The predicted octanol–water partition coefficient (Wildman–Crippen LogP) is 2.75. The Hall–Kier alpha value is -0.300. The van der Waals surface area contributed by atoms with Crippen LogP contribution in [0.4, 0.5) is 0 Å². The van der Waals surface area contributed by atoms with Crippen LogP contribution in [0.5, 0.6) is 0 Å². The van der Waals surface area contributed by atoms with Gasteiger partial charge in [-0.2, -0.15) is 0 Å². The largest absolute Gasteiger partial charge is 0.389 e. The highest BCUT2D eigenvalue weighted by atomic mass is 16.3. The fourth-order valence-corrected chi connectivity index (χ4v) is 1.17. The van der Waals surface area contributed by atoms with Crippen molar-refractivity contribution in [1.82, 2.24) is 0 Å². The topological polar surface area (TPSA) is 20.2 Å². The average Bonchev–Trinajstić information content (AvgIpc) is 1.85. The molecule has 0 aliphatic heterocycles. The summed E-state index contributed by atoms with van der Waals surface area (Å²) in [6.45, 7) is 8.30. The van der Waals surface area contributed by atoms with Gasteiger partial charge in [-0.15, -0.1) is 0 Å². The van der Waals surface area contributed by atoms with Crippen molar-refractivity contribution in [2.75, 3.05) is 0 Å². The van der Waals surface area contributed by atoms with Gasteiger partial charge in [-0.25, -0.2) is 0 Å². The van der Waals surface area contributed by atoms with Crippen molar-refractivity contribution in [3.8, 4) is 0 Å². The maximum absolute atomic E-state index is 9.03. The first-order valence-corrected chi connectivity index (χ1v) is 4.41. The van der Waals surface area contributed by atoms with E-state index in [9.17, 15) is 0 Å². The van der Waals surface area contributed by atoms with Crippen LogP contribution in [0, 0.1) is 5.92 Å². The summed E-state index contributed by atoms with van der Waals surface area (Å²) < 4.78 is 0. The Labute approximate surface area is 70.1 Å². The molecule has 0 saturated carbocycles. The van der Waals surface area contributed by atoms with Crippen LogP contribution >= 0.6 is 0 Å². The minimum atomic E-state index is -0.293. The third-order valence-electron chi connectivity index (χ3n) is 1.89. The summed E-state index contributed by atoms with van der Waals surface area (Å²) in [5, 5.41) is 9.03. The average molecular weight is 156 g/mol. The van der Waals surface area contributed by atoms with Crippen LogP contribution in [0.25, 0.3) is 0 Å². The van der Waals surface area contributed by atoms with E-state index in [1.165, 1.54) is 12.0 Å². The molecule has 0 bridgehead atoms. The summed E-state index contributed by atoms with van der Waals surface area (Å²) >= 11 is 0. The maximum Gasteiger partial charge on any atom is 0.0695 e. The molecule has 66 valence electrons. The lowest BCUT2D eigenvalue weighted by Gasteiger charge is -2.08. The number of rotatable bonds is 4.